The minimum absolute atomic E-state index is 0.247. The molecular weight excluding hydrogens is 235 g/mol. The Hall–Kier alpha value is -1.70. The number of thiophene rings is 1. The fourth-order valence-corrected chi connectivity index (χ4v) is 2.19. The first-order valence-corrected chi connectivity index (χ1v) is 6.13. The van der Waals surface area contributed by atoms with Gasteiger partial charge >= 0.3 is 0 Å². The summed E-state index contributed by atoms with van der Waals surface area (Å²) in [5, 5.41) is 16.1. The first-order chi connectivity index (χ1) is 8.29. The zero-order valence-corrected chi connectivity index (χ0v) is 9.88. The highest BCUT2D eigenvalue weighted by molar-refractivity contribution is 7.08. The van der Waals surface area contributed by atoms with Crippen LogP contribution in [0.1, 0.15) is 17.2 Å². The predicted octanol–water partition coefficient (Wildman–Crippen LogP) is 3.24. The number of rotatable bonds is 4. The number of nitriles is 1. The Labute approximate surface area is 103 Å². The third-order valence-electron chi connectivity index (χ3n) is 2.43. The Bertz CT molecular complexity index is 499. The minimum Gasteiger partial charge on any atom is -0.294 e. The smallest absolute Gasteiger partial charge is 0.123 e. The summed E-state index contributed by atoms with van der Waals surface area (Å²) in [7, 11) is 0. The van der Waals surface area contributed by atoms with Crippen LogP contribution in [0.15, 0.2) is 41.1 Å². The van der Waals surface area contributed by atoms with Gasteiger partial charge in [-0.15, -0.1) is 0 Å². The number of hydrogen-bond donors (Lipinski definition) is 1. The van der Waals surface area contributed by atoms with Crippen LogP contribution in [0.4, 0.5) is 4.39 Å². The summed E-state index contributed by atoms with van der Waals surface area (Å²) in [6, 6.07) is 10.1. The van der Waals surface area contributed by atoms with E-state index < -0.39 is 0 Å². The molecule has 17 heavy (non-hydrogen) atoms. The van der Waals surface area contributed by atoms with E-state index in [1.165, 1.54) is 12.1 Å². The molecule has 1 unspecified atom stereocenters. The highest BCUT2D eigenvalue weighted by Crippen LogP contribution is 2.16. The van der Waals surface area contributed by atoms with Gasteiger partial charge in [0.2, 0.25) is 0 Å². The average molecular weight is 246 g/mol. The van der Waals surface area contributed by atoms with Crippen LogP contribution in [0.2, 0.25) is 0 Å². The van der Waals surface area contributed by atoms with Gasteiger partial charge in [-0.1, -0.05) is 12.1 Å². The van der Waals surface area contributed by atoms with E-state index in [1.54, 1.807) is 23.5 Å². The van der Waals surface area contributed by atoms with E-state index in [9.17, 15) is 4.39 Å². The summed E-state index contributed by atoms with van der Waals surface area (Å²) < 4.78 is 12.7. The van der Waals surface area contributed by atoms with Gasteiger partial charge in [0.15, 0.2) is 0 Å². The lowest BCUT2D eigenvalue weighted by Crippen LogP contribution is -2.18. The van der Waals surface area contributed by atoms with Gasteiger partial charge in [0.25, 0.3) is 0 Å². The van der Waals surface area contributed by atoms with E-state index >= 15 is 0 Å². The maximum absolute atomic E-state index is 12.7. The van der Waals surface area contributed by atoms with E-state index in [0.29, 0.717) is 6.54 Å². The van der Waals surface area contributed by atoms with Crippen LogP contribution in [0.3, 0.4) is 0 Å². The average Bonchev–Trinajstić information content (AvgIpc) is 2.86. The van der Waals surface area contributed by atoms with E-state index in [1.807, 2.05) is 16.8 Å². The van der Waals surface area contributed by atoms with Crippen molar-refractivity contribution in [2.45, 2.75) is 12.6 Å². The standard InChI is InChI=1S/C13H11FN2S/c14-12-3-1-10(2-4-12)8-16-13(7-15)11-5-6-17-9-11/h1-6,9,13,16H,8H2. The zero-order chi connectivity index (χ0) is 12.1. The number of benzene rings is 1. The largest absolute Gasteiger partial charge is 0.294 e. The zero-order valence-electron chi connectivity index (χ0n) is 9.06. The molecule has 0 amide bonds. The molecule has 86 valence electrons. The molecule has 2 rings (SSSR count). The van der Waals surface area contributed by atoms with Crippen molar-refractivity contribution in [1.82, 2.24) is 5.32 Å². The van der Waals surface area contributed by atoms with Gasteiger partial charge in [0, 0.05) is 6.54 Å². The fourth-order valence-electron chi connectivity index (χ4n) is 1.50. The van der Waals surface area contributed by atoms with Gasteiger partial charge in [-0.25, -0.2) is 4.39 Å². The first-order valence-electron chi connectivity index (χ1n) is 5.19. The van der Waals surface area contributed by atoms with E-state index in [0.717, 1.165) is 11.1 Å². The molecule has 1 aromatic carbocycles. The SMILES string of the molecule is N#CC(NCc1ccc(F)cc1)c1ccsc1. The lowest BCUT2D eigenvalue weighted by Gasteiger charge is -2.09. The second-order valence-electron chi connectivity index (χ2n) is 3.63. The third-order valence-corrected chi connectivity index (χ3v) is 3.13. The summed E-state index contributed by atoms with van der Waals surface area (Å²) >= 11 is 1.57. The molecule has 2 nitrogen and oxygen atoms in total. The molecule has 0 spiro atoms. The van der Waals surface area contributed by atoms with Crippen molar-refractivity contribution in [3.63, 3.8) is 0 Å². The normalized spacial score (nSPS) is 12.0. The van der Waals surface area contributed by atoms with E-state index in [2.05, 4.69) is 11.4 Å². The third kappa shape index (κ3) is 3.13. The molecule has 0 fully saturated rings. The van der Waals surface area contributed by atoms with Gasteiger partial charge in [0.05, 0.1) is 6.07 Å². The summed E-state index contributed by atoms with van der Waals surface area (Å²) in [5.41, 5.74) is 1.93. The van der Waals surface area contributed by atoms with Gasteiger partial charge in [0.1, 0.15) is 11.9 Å². The van der Waals surface area contributed by atoms with Crippen molar-refractivity contribution in [3.05, 3.63) is 58.0 Å². The number of hydrogen-bond acceptors (Lipinski definition) is 3. The van der Waals surface area contributed by atoms with Crippen LogP contribution >= 0.6 is 11.3 Å². The lowest BCUT2D eigenvalue weighted by atomic mass is 10.1. The highest BCUT2D eigenvalue weighted by Gasteiger charge is 2.09. The summed E-state index contributed by atoms with van der Waals surface area (Å²) in [6.45, 7) is 0.550. The second kappa shape index (κ2) is 5.58. The molecule has 1 N–H and O–H groups in total. The van der Waals surface area contributed by atoms with Gasteiger partial charge in [-0.3, -0.25) is 5.32 Å². The molecule has 0 saturated carbocycles. The molecule has 0 bridgehead atoms. The molecular formula is C13H11FN2S. The van der Waals surface area contributed by atoms with Crippen LogP contribution in [0.25, 0.3) is 0 Å². The second-order valence-corrected chi connectivity index (χ2v) is 4.41. The van der Waals surface area contributed by atoms with Crippen molar-refractivity contribution in [2.75, 3.05) is 0 Å². The fraction of sp³-hybridized carbons (Fsp3) is 0.154. The predicted molar refractivity (Wildman–Crippen MR) is 65.9 cm³/mol. The van der Waals surface area contributed by atoms with Gasteiger partial charge in [-0.05, 0) is 40.1 Å². The number of nitrogens with zero attached hydrogens (tertiary/aromatic N) is 1. The number of halogens is 1. The van der Waals surface area contributed by atoms with E-state index in [4.69, 9.17) is 5.26 Å². The Morgan fingerprint density at radius 1 is 1.29 bits per heavy atom. The molecule has 0 aliphatic rings. The first kappa shape index (κ1) is 11.8. The molecule has 0 aliphatic carbocycles. The monoisotopic (exact) mass is 246 g/mol. The molecule has 0 radical (unpaired) electrons. The van der Waals surface area contributed by atoms with Crippen LogP contribution in [0.5, 0.6) is 0 Å². The number of nitrogens with one attached hydrogen (secondary N) is 1. The van der Waals surface area contributed by atoms with Gasteiger partial charge in [-0.2, -0.15) is 16.6 Å². The molecule has 1 heterocycles. The van der Waals surface area contributed by atoms with Crippen molar-refractivity contribution in [1.29, 1.82) is 5.26 Å². The van der Waals surface area contributed by atoms with E-state index in [-0.39, 0.29) is 11.9 Å². The summed E-state index contributed by atoms with van der Waals surface area (Å²) in [4.78, 5) is 0. The Kier molecular flexibility index (Phi) is 3.86. The molecule has 2 aromatic rings. The van der Waals surface area contributed by atoms with Crippen molar-refractivity contribution >= 4 is 11.3 Å². The Morgan fingerprint density at radius 3 is 2.65 bits per heavy atom. The minimum atomic E-state index is -0.314. The summed E-state index contributed by atoms with van der Waals surface area (Å²) in [6.07, 6.45) is 0. The van der Waals surface area contributed by atoms with Crippen LogP contribution in [-0.2, 0) is 6.54 Å². The molecule has 0 saturated heterocycles. The summed E-state index contributed by atoms with van der Waals surface area (Å²) in [5.74, 6) is -0.247. The molecule has 1 aromatic heterocycles. The van der Waals surface area contributed by atoms with Gasteiger partial charge < -0.3 is 0 Å². The topological polar surface area (TPSA) is 35.8 Å². The van der Waals surface area contributed by atoms with Crippen molar-refractivity contribution < 1.29 is 4.39 Å². The Morgan fingerprint density at radius 2 is 2.06 bits per heavy atom. The lowest BCUT2D eigenvalue weighted by molar-refractivity contribution is 0.617. The quantitative estimate of drug-likeness (QED) is 0.899. The van der Waals surface area contributed by atoms with Crippen molar-refractivity contribution in [3.8, 4) is 6.07 Å². The molecule has 4 heteroatoms. The van der Waals surface area contributed by atoms with Crippen molar-refractivity contribution in [2.24, 2.45) is 0 Å². The van der Waals surface area contributed by atoms with Crippen LogP contribution < -0.4 is 5.32 Å². The van der Waals surface area contributed by atoms with Crippen LogP contribution in [-0.4, -0.2) is 0 Å². The maximum Gasteiger partial charge on any atom is 0.123 e. The maximum atomic E-state index is 12.7. The Balaban J connectivity index is 1.97. The highest BCUT2D eigenvalue weighted by atomic mass is 32.1. The molecule has 0 aliphatic heterocycles. The van der Waals surface area contributed by atoms with Crippen LogP contribution in [0, 0.1) is 17.1 Å². The molecule has 1 atom stereocenters.